The first-order chi connectivity index (χ1) is 10.7. The summed E-state index contributed by atoms with van der Waals surface area (Å²) in [5.41, 5.74) is 2.35. The molecule has 0 bridgehead atoms. The molecule has 1 aliphatic rings. The lowest BCUT2D eigenvalue weighted by atomic mass is 9.90. The number of aromatic hydroxyl groups is 2. The van der Waals surface area contributed by atoms with Crippen LogP contribution < -0.4 is 5.32 Å². The second-order valence-corrected chi connectivity index (χ2v) is 6.56. The number of nitrogens with one attached hydrogen (secondary N) is 1. The molecule has 0 amide bonds. The molecule has 0 unspecified atom stereocenters. The molecule has 1 heterocycles. The summed E-state index contributed by atoms with van der Waals surface area (Å²) in [5.74, 6) is 0.00912. The fourth-order valence-electron chi connectivity index (χ4n) is 3.41. The predicted octanol–water partition coefficient (Wildman–Crippen LogP) is 4.82. The van der Waals surface area contributed by atoms with Gasteiger partial charge in [0.1, 0.15) is 0 Å². The fraction of sp³-hybridized carbons (Fsp3) is 0.684. The summed E-state index contributed by atoms with van der Waals surface area (Å²) in [6.07, 6.45) is 12.7. The Hall–Kier alpha value is -1.22. The number of rotatable bonds is 9. The minimum Gasteiger partial charge on any atom is -0.504 e. The number of unbranched alkanes of at least 4 members (excludes halogenated alkanes) is 7. The first-order valence-electron chi connectivity index (χ1n) is 9.00. The molecule has 22 heavy (non-hydrogen) atoms. The highest BCUT2D eigenvalue weighted by atomic mass is 16.3. The van der Waals surface area contributed by atoms with Crippen molar-refractivity contribution in [2.75, 3.05) is 6.54 Å². The van der Waals surface area contributed by atoms with Crippen LogP contribution in [-0.2, 0) is 6.42 Å². The fourth-order valence-corrected chi connectivity index (χ4v) is 3.41. The Kier molecular flexibility index (Phi) is 7.04. The van der Waals surface area contributed by atoms with Crippen molar-refractivity contribution >= 4 is 0 Å². The van der Waals surface area contributed by atoms with Crippen LogP contribution in [0.3, 0.4) is 0 Å². The van der Waals surface area contributed by atoms with E-state index in [9.17, 15) is 10.2 Å². The van der Waals surface area contributed by atoms with Gasteiger partial charge in [0.05, 0.1) is 0 Å². The van der Waals surface area contributed by atoms with Crippen LogP contribution >= 0.6 is 0 Å². The number of phenolic OH excluding ortho intramolecular Hbond substituents is 2. The maximum Gasteiger partial charge on any atom is 0.157 e. The summed E-state index contributed by atoms with van der Waals surface area (Å²) in [7, 11) is 0. The Labute approximate surface area is 134 Å². The highest BCUT2D eigenvalue weighted by Crippen LogP contribution is 2.35. The van der Waals surface area contributed by atoms with Crippen molar-refractivity contribution in [2.45, 2.75) is 77.2 Å². The summed E-state index contributed by atoms with van der Waals surface area (Å²) < 4.78 is 0. The van der Waals surface area contributed by atoms with Crippen LogP contribution in [0.5, 0.6) is 11.5 Å². The van der Waals surface area contributed by atoms with Gasteiger partial charge in [0.2, 0.25) is 0 Å². The van der Waals surface area contributed by atoms with Crippen molar-refractivity contribution in [1.29, 1.82) is 0 Å². The van der Waals surface area contributed by atoms with E-state index >= 15 is 0 Å². The van der Waals surface area contributed by atoms with E-state index in [2.05, 4.69) is 12.2 Å². The zero-order valence-electron chi connectivity index (χ0n) is 13.9. The van der Waals surface area contributed by atoms with Crippen LogP contribution in [0.2, 0.25) is 0 Å². The summed E-state index contributed by atoms with van der Waals surface area (Å²) in [6.45, 7) is 3.21. The van der Waals surface area contributed by atoms with Gasteiger partial charge in [-0.3, -0.25) is 0 Å². The van der Waals surface area contributed by atoms with Crippen LogP contribution in [0.1, 0.15) is 81.9 Å². The number of phenols is 2. The molecule has 124 valence electrons. The SMILES string of the molecule is CCCCCCCCCC[C@H]1NCCc2cc(O)c(O)cc21. The van der Waals surface area contributed by atoms with E-state index in [0.29, 0.717) is 6.04 Å². The van der Waals surface area contributed by atoms with Crippen LogP contribution in [-0.4, -0.2) is 16.8 Å². The summed E-state index contributed by atoms with van der Waals surface area (Å²) in [5, 5.41) is 22.9. The highest BCUT2D eigenvalue weighted by Gasteiger charge is 2.21. The van der Waals surface area contributed by atoms with Crippen LogP contribution in [0, 0.1) is 0 Å². The molecule has 3 N–H and O–H groups in total. The molecular weight excluding hydrogens is 274 g/mol. The van der Waals surface area contributed by atoms with Crippen molar-refractivity contribution in [3.05, 3.63) is 23.3 Å². The zero-order valence-corrected chi connectivity index (χ0v) is 13.9. The molecule has 0 aromatic heterocycles. The minimum atomic E-state index is 0.00312. The Morgan fingerprint density at radius 3 is 2.32 bits per heavy atom. The zero-order chi connectivity index (χ0) is 15.8. The van der Waals surface area contributed by atoms with Gasteiger partial charge in [-0.15, -0.1) is 0 Å². The summed E-state index contributed by atoms with van der Waals surface area (Å²) >= 11 is 0. The van der Waals surface area contributed by atoms with Crippen LogP contribution in [0.15, 0.2) is 12.1 Å². The number of benzene rings is 1. The van der Waals surface area contributed by atoms with Gasteiger partial charge in [0, 0.05) is 6.04 Å². The van der Waals surface area contributed by atoms with Gasteiger partial charge in [-0.1, -0.05) is 58.3 Å². The topological polar surface area (TPSA) is 52.5 Å². The van der Waals surface area contributed by atoms with E-state index in [1.807, 2.05) is 0 Å². The third-order valence-electron chi connectivity index (χ3n) is 4.74. The maximum absolute atomic E-state index is 9.73. The molecule has 2 rings (SSSR count). The molecular formula is C19H31NO2. The Morgan fingerprint density at radius 2 is 1.59 bits per heavy atom. The first kappa shape index (κ1) is 17.1. The molecule has 0 aliphatic carbocycles. The smallest absolute Gasteiger partial charge is 0.157 e. The molecule has 1 aromatic rings. The van der Waals surface area contributed by atoms with Gasteiger partial charge in [0.15, 0.2) is 11.5 Å². The van der Waals surface area contributed by atoms with Crippen molar-refractivity contribution < 1.29 is 10.2 Å². The molecule has 1 atom stereocenters. The van der Waals surface area contributed by atoms with Crippen LogP contribution in [0.25, 0.3) is 0 Å². The Morgan fingerprint density at radius 1 is 0.955 bits per heavy atom. The third-order valence-corrected chi connectivity index (χ3v) is 4.74. The van der Waals surface area contributed by atoms with Gasteiger partial charge in [-0.05, 0) is 42.6 Å². The van der Waals surface area contributed by atoms with Crippen molar-refractivity contribution in [2.24, 2.45) is 0 Å². The number of hydrogen-bond donors (Lipinski definition) is 3. The Balaban J connectivity index is 1.72. The second kappa shape index (κ2) is 9.04. The average molecular weight is 305 g/mol. The van der Waals surface area contributed by atoms with E-state index in [0.717, 1.165) is 19.4 Å². The van der Waals surface area contributed by atoms with Gasteiger partial charge in [0.25, 0.3) is 0 Å². The first-order valence-corrected chi connectivity index (χ1v) is 9.00. The predicted molar refractivity (Wildman–Crippen MR) is 91.4 cm³/mol. The normalized spacial score (nSPS) is 17.4. The molecule has 0 fully saturated rings. The minimum absolute atomic E-state index is 0.00312. The largest absolute Gasteiger partial charge is 0.504 e. The van der Waals surface area contributed by atoms with Gasteiger partial charge < -0.3 is 15.5 Å². The lowest BCUT2D eigenvalue weighted by Gasteiger charge is -2.27. The molecule has 3 heteroatoms. The summed E-state index contributed by atoms with van der Waals surface area (Å²) in [6, 6.07) is 3.80. The Bertz CT molecular complexity index is 459. The quantitative estimate of drug-likeness (QED) is 0.453. The lowest BCUT2D eigenvalue weighted by molar-refractivity contribution is 0.395. The van der Waals surface area contributed by atoms with Gasteiger partial charge >= 0.3 is 0 Å². The molecule has 1 aromatic carbocycles. The number of fused-ring (bicyclic) bond motifs is 1. The molecule has 0 saturated carbocycles. The molecule has 3 nitrogen and oxygen atoms in total. The van der Waals surface area contributed by atoms with Gasteiger partial charge in [-0.25, -0.2) is 0 Å². The molecule has 0 radical (unpaired) electrons. The van der Waals surface area contributed by atoms with Crippen molar-refractivity contribution in [3.8, 4) is 11.5 Å². The third kappa shape index (κ3) is 4.91. The number of hydrogen-bond acceptors (Lipinski definition) is 3. The molecule has 0 spiro atoms. The van der Waals surface area contributed by atoms with E-state index < -0.39 is 0 Å². The lowest BCUT2D eigenvalue weighted by Crippen LogP contribution is -2.29. The second-order valence-electron chi connectivity index (χ2n) is 6.56. The van der Waals surface area contributed by atoms with E-state index in [4.69, 9.17) is 0 Å². The van der Waals surface area contributed by atoms with Gasteiger partial charge in [-0.2, -0.15) is 0 Å². The maximum atomic E-state index is 9.73. The monoisotopic (exact) mass is 305 g/mol. The van der Waals surface area contributed by atoms with Crippen molar-refractivity contribution in [3.63, 3.8) is 0 Å². The standard InChI is InChI=1S/C19H31NO2/c1-2-3-4-5-6-7-8-9-10-17-16-14-19(22)18(21)13-15(16)11-12-20-17/h13-14,17,20-22H,2-12H2,1H3/t17-/m1/s1. The van der Waals surface area contributed by atoms with Crippen molar-refractivity contribution in [1.82, 2.24) is 5.32 Å². The highest BCUT2D eigenvalue weighted by molar-refractivity contribution is 5.47. The molecule has 0 saturated heterocycles. The van der Waals surface area contributed by atoms with Crippen LogP contribution in [0.4, 0.5) is 0 Å². The van der Waals surface area contributed by atoms with E-state index in [-0.39, 0.29) is 11.5 Å². The molecule has 1 aliphatic heterocycles. The average Bonchev–Trinajstić information content (AvgIpc) is 2.51. The summed E-state index contributed by atoms with van der Waals surface area (Å²) in [4.78, 5) is 0. The van der Waals surface area contributed by atoms with E-state index in [1.165, 1.54) is 62.5 Å². The van der Waals surface area contributed by atoms with E-state index in [1.54, 1.807) is 12.1 Å².